The summed E-state index contributed by atoms with van der Waals surface area (Å²) in [6.07, 6.45) is 0.894. The molecule has 22 heavy (non-hydrogen) atoms. The summed E-state index contributed by atoms with van der Waals surface area (Å²) in [5, 5.41) is 8.64. The SMILES string of the molecule is CC(=CC(=O)NNC(=O)c1ccc(C(C)(C)C)cc1)C(=O)O. The molecule has 1 aromatic rings. The van der Waals surface area contributed by atoms with Crippen molar-refractivity contribution >= 4 is 17.8 Å². The topological polar surface area (TPSA) is 95.5 Å². The Morgan fingerprint density at radius 3 is 2.05 bits per heavy atom. The summed E-state index contributed by atoms with van der Waals surface area (Å²) in [6, 6.07) is 7.04. The molecule has 3 N–H and O–H groups in total. The molecule has 6 nitrogen and oxygen atoms in total. The van der Waals surface area contributed by atoms with Gasteiger partial charge < -0.3 is 5.11 Å². The van der Waals surface area contributed by atoms with Crippen molar-refractivity contribution in [2.45, 2.75) is 33.1 Å². The van der Waals surface area contributed by atoms with Gasteiger partial charge in [0.1, 0.15) is 0 Å². The maximum Gasteiger partial charge on any atom is 0.331 e. The van der Waals surface area contributed by atoms with Gasteiger partial charge in [0.05, 0.1) is 0 Å². The van der Waals surface area contributed by atoms with Gasteiger partial charge in [-0.2, -0.15) is 0 Å². The summed E-state index contributed by atoms with van der Waals surface area (Å²) in [5.74, 6) is -2.38. The van der Waals surface area contributed by atoms with Crippen LogP contribution in [0.15, 0.2) is 35.9 Å². The molecule has 0 bridgehead atoms. The highest BCUT2D eigenvalue weighted by molar-refractivity contribution is 5.99. The van der Waals surface area contributed by atoms with Gasteiger partial charge in [-0.1, -0.05) is 32.9 Å². The van der Waals surface area contributed by atoms with E-state index in [1.54, 1.807) is 12.1 Å². The fourth-order valence-electron chi connectivity index (χ4n) is 1.61. The average molecular weight is 304 g/mol. The third-order valence-corrected chi connectivity index (χ3v) is 3.00. The molecular weight excluding hydrogens is 284 g/mol. The molecule has 1 aromatic carbocycles. The van der Waals surface area contributed by atoms with Crippen LogP contribution < -0.4 is 10.9 Å². The van der Waals surface area contributed by atoms with Crippen molar-refractivity contribution in [3.8, 4) is 0 Å². The number of nitrogens with one attached hydrogen (secondary N) is 2. The molecule has 0 heterocycles. The Morgan fingerprint density at radius 1 is 1.05 bits per heavy atom. The van der Waals surface area contributed by atoms with Gasteiger partial charge in [-0.3, -0.25) is 20.4 Å². The van der Waals surface area contributed by atoms with Crippen LogP contribution in [0.3, 0.4) is 0 Å². The lowest BCUT2D eigenvalue weighted by Crippen LogP contribution is -2.41. The highest BCUT2D eigenvalue weighted by atomic mass is 16.4. The fourth-order valence-corrected chi connectivity index (χ4v) is 1.61. The predicted octanol–water partition coefficient (Wildman–Crippen LogP) is 1.78. The Hall–Kier alpha value is -2.63. The first-order valence-electron chi connectivity index (χ1n) is 6.73. The van der Waals surface area contributed by atoms with Gasteiger partial charge in [0.25, 0.3) is 11.8 Å². The Bertz CT molecular complexity index is 610. The zero-order valence-electron chi connectivity index (χ0n) is 13.1. The van der Waals surface area contributed by atoms with Crippen LogP contribution >= 0.6 is 0 Å². The summed E-state index contributed by atoms with van der Waals surface area (Å²) in [4.78, 5) is 33.9. The van der Waals surface area contributed by atoms with Crippen molar-refractivity contribution in [2.24, 2.45) is 0 Å². The van der Waals surface area contributed by atoms with Crippen LogP contribution in [0.4, 0.5) is 0 Å². The van der Waals surface area contributed by atoms with Gasteiger partial charge in [0, 0.05) is 17.2 Å². The van der Waals surface area contributed by atoms with Crippen molar-refractivity contribution in [1.82, 2.24) is 10.9 Å². The van der Waals surface area contributed by atoms with E-state index >= 15 is 0 Å². The first kappa shape index (κ1) is 17.4. The minimum absolute atomic E-state index is 0.0115. The van der Waals surface area contributed by atoms with E-state index < -0.39 is 17.8 Å². The molecule has 0 aromatic heterocycles. The Kier molecular flexibility index (Phi) is 5.45. The summed E-state index contributed by atoms with van der Waals surface area (Å²) in [5.41, 5.74) is 5.71. The number of amides is 2. The predicted molar refractivity (Wildman–Crippen MR) is 82.1 cm³/mol. The second-order valence-corrected chi connectivity index (χ2v) is 5.90. The highest BCUT2D eigenvalue weighted by Gasteiger charge is 2.14. The third kappa shape index (κ3) is 5.05. The highest BCUT2D eigenvalue weighted by Crippen LogP contribution is 2.22. The summed E-state index contributed by atoms with van der Waals surface area (Å²) in [7, 11) is 0. The number of rotatable bonds is 3. The molecule has 0 unspecified atom stereocenters. The number of hydrazine groups is 1. The van der Waals surface area contributed by atoms with Crippen molar-refractivity contribution in [2.75, 3.05) is 0 Å². The van der Waals surface area contributed by atoms with E-state index in [1.165, 1.54) is 6.92 Å². The van der Waals surface area contributed by atoms with Crippen molar-refractivity contribution in [1.29, 1.82) is 0 Å². The van der Waals surface area contributed by atoms with Gasteiger partial charge in [0.2, 0.25) is 0 Å². The fraction of sp³-hybridized carbons (Fsp3) is 0.312. The van der Waals surface area contributed by atoms with Crippen molar-refractivity contribution in [3.05, 3.63) is 47.0 Å². The Morgan fingerprint density at radius 2 is 1.59 bits per heavy atom. The molecule has 2 amide bonds. The van der Waals surface area contributed by atoms with E-state index in [2.05, 4.69) is 31.6 Å². The minimum Gasteiger partial charge on any atom is -0.478 e. The number of benzene rings is 1. The lowest BCUT2D eigenvalue weighted by Gasteiger charge is -2.19. The Balaban J connectivity index is 2.65. The largest absolute Gasteiger partial charge is 0.478 e. The van der Waals surface area contributed by atoms with Gasteiger partial charge >= 0.3 is 5.97 Å². The second kappa shape index (κ2) is 6.89. The van der Waals surface area contributed by atoms with Crippen LogP contribution in [0.25, 0.3) is 0 Å². The molecule has 0 aliphatic rings. The number of carbonyl (C=O) groups excluding carboxylic acids is 2. The zero-order valence-corrected chi connectivity index (χ0v) is 13.1. The maximum atomic E-state index is 11.9. The summed E-state index contributed by atoms with van der Waals surface area (Å²) < 4.78 is 0. The average Bonchev–Trinajstić information content (AvgIpc) is 2.43. The molecule has 0 atom stereocenters. The normalized spacial score (nSPS) is 11.7. The van der Waals surface area contributed by atoms with Crippen LogP contribution in [0.2, 0.25) is 0 Å². The number of carbonyl (C=O) groups is 3. The van der Waals surface area contributed by atoms with Crippen LogP contribution in [0.5, 0.6) is 0 Å². The van der Waals surface area contributed by atoms with E-state index in [0.29, 0.717) is 5.56 Å². The Labute approximate surface area is 129 Å². The van der Waals surface area contributed by atoms with Gasteiger partial charge in [0.15, 0.2) is 0 Å². The third-order valence-electron chi connectivity index (χ3n) is 3.00. The molecule has 0 spiro atoms. The van der Waals surface area contributed by atoms with E-state index in [9.17, 15) is 14.4 Å². The molecule has 0 aliphatic carbocycles. The summed E-state index contributed by atoms with van der Waals surface area (Å²) in [6.45, 7) is 7.49. The second-order valence-electron chi connectivity index (χ2n) is 5.90. The molecule has 6 heteroatoms. The molecule has 0 fully saturated rings. The number of aliphatic carboxylic acids is 1. The quantitative estimate of drug-likeness (QED) is 0.586. The zero-order chi connectivity index (χ0) is 16.9. The maximum absolute atomic E-state index is 11.9. The van der Waals surface area contributed by atoms with Crippen molar-refractivity contribution < 1.29 is 19.5 Å². The lowest BCUT2D eigenvalue weighted by atomic mass is 9.87. The van der Waals surface area contributed by atoms with Crippen LogP contribution in [-0.2, 0) is 15.0 Å². The van der Waals surface area contributed by atoms with Gasteiger partial charge in [-0.15, -0.1) is 0 Å². The van der Waals surface area contributed by atoms with Crippen LogP contribution in [-0.4, -0.2) is 22.9 Å². The lowest BCUT2D eigenvalue weighted by molar-refractivity contribution is -0.133. The first-order valence-corrected chi connectivity index (χ1v) is 6.73. The van der Waals surface area contributed by atoms with Gasteiger partial charge in [-0.25, -0.2) is 4.79 Å². The van der Waals surface area contributed by atoms with Crippen molar-refractivity contribution in [3.63, 3.8) is 0 Å². The van der Waals surface area contributed by atoms with E-state index in [-0.39, 0.29) is 11.0 Å². The number of hydrogen-bond donors (Lipinski definition) is 3. The molecule has 0 radical (unpaired) electrons. The monoisotopic (exact) mass is 304 g/mol. The molecule has 0 saturated carbocycles. The van der Waals surface area contributed by atoms with E-state index in [1.807, 2.05) is 12.1 Å². The molecule has 0 saturated heterocycles. The number of hydrogen-bond acceptors (Lipinski definition) is 3. The van der Waals surface area contributed by atoms with Crippen LogP contribution in [0.1, 0.15) is 43.6 Å². The molecule has 1 rings (SSSR count). The standard InChI is InChI=1S/C16H20N2O4/c1-10(15(21)22)9-13(19)17-18-14(20)11-5-7-12(8-6-11)16(2,3)4/h5-9H,1-4H3,(H,17,19)(H,18,20)(H,21,22). The molecule has 0 aliphatic heterocycles. The summed E-state index contributed by atoms with van der Waals surface area (Å²) >= 11 is 0. The van der Waals surface area contributed by atoms with Crippen LogP contribution in [0, 0.1) is 0 Å². The number of carboxylic acid groups (broad SMARTS) is 1. The smallest absolute Gasteiger partial charge is 0.331 e. The number of carboxylic acids is 1. The minimum atomic E-state index is -1.20. The molecule has 118 valence electrons. The van der Waals surface area contributed by atoms with E-state index in [4.69, 9.17) is 5.11 Å². The first-order chi connectivity index (χ1) is 10.1. The molecular formula is C16H20N2O4. The van der Waals surface area contributed by atoms with Gasteiger partial charge in [-0.05, 0) is 30.0 Å². The van der Waals surface area contributed by atoms with E-state index in [0.717, 1.165) is 11.6 Å².